The van der Waals surface area contributed by atoms with Gasteiger partial charge in [0.05, 0.1) is 7.11 Å². The van der Waals surface area contributed by atoms with E-state index >= 15 is 0 Å². The third-order valence-electron chi connectivity index (χ3n) is 3.67. The first-order valence-electron chi connectivity index (χ1n) is 6.94. The zero-order chi connectivity index (χ0) is 14.4. The lowest BCUT2D eigenvalue weighted by Gasteiger charge is -2.31. The van der Waals surface area contributed by atoms with Crippen molar-refractivity contribution in [2.75, 3.05) is 33.9 Å². The van der Waals surface area contributed by atoms with E-state index < -0.39 is 0 Å². The first-order valence-corrected chi connectivity index (χ1v) is 6.94. The number of ether oxygens (including phenoxy) is 2. The number of likely N-dealkylation sites (N-methyl/N-ethyl adjacent to an activating group) is 1. The first kappa shape index (κ1) is 17.6. The van der Waals surface area contributed by atoms with Crippen LogP contribution in [0, 0.1) is 0 Å². The third-order valence-corrected chi connectivity index (χ3v) is 3.67. The number of carbonyl (C=O) groups is 1. The van der Waals surface area contributed by atoms with Crippen LogP contribution in [0.3, 0.4) is 0 Å². The molecule has 1 aliphatic heterocycles. The number of nitrogens with one attached hydrogen (secondary N) is 1. The normalized spacial score (nSPS) is 15.0. The van der Waals surface area contributed by atoms with E-state index in [2.05, 4.69) is 5.32 Å². The van der Waals surface area contributed by atoms with E-state index in [1.807, 2.05) is 25.2 Å². The largest absolute Gasteiger partial charge is 0.493 e. The Labute approximate surface area is 132 Å². The lowest BCUT2D eigenvalue weighted by Crippen LogP contribution is -2.45. The van der Waals surface area contributed by atoms with Crippen LogP contribution in [0.2, 0.25) is 0 Å². The summed E-state index contributed by atoms with van der Waals surface area (Å²) < 4.78 is 10.8. The molecule has 1 saturated heterocycles. The molecule has 1 fully saturated rings. The van der Waals surface area contributed by atoms with Crippen molar-refractivity contribution >= 4 is 18.3 Å². The Bertz CT molecular complexity index is 450. The summed E-state index contributed by atoms with van der Waals surface area (Å²) in [4.78, 5) is 14.0. The molecule has 0 spiro atoms. The van der Waals surface area contributed by atoms with Crippen LogP contribution in [-0.4, -0.2) is 50.7 Å². The van der Waals surface area contributed by atoms with Crippen molar-refractivity contribution in [3.05, 3.63) is 24.3 Å². The molecule has 0 saturated carbocycles. The molecule has 0 bridgehead atoms. The highest BCUT2D eigenvalue weighted by atomic mass is 35.5. The summed E-state index contributed by atoms with van der Waals surface area (Å²) >= 11 is 0. The van der Waals surface area contributed by atoms with E-state index in [1.54, 1.807) is 18.1 Å². The molecule has 21 heavy (non-hydrogen) atoms. The molecular weight excluding hydrogens is 292 g/mol. The maximum atomic E-state index is 12.2. The number of piperidine rings is 1. The first-order chi connectivity index (χ1) is 9.72. The zero-order valence-electron chi connectivity index (χ0n) is 12.5. The van der Waals surface area contributed by atoms with Crippen LogP contribution in [0.25, 0.3) is 0 Å². The molecule has 0 atom stereocenters. The molecule has 5 nitrogen and oxygen atoms in total. The Morgan fingerprint density at radius 1 is 1.29 bits per heavy atom. The lowest BCUT2D eigenvalue weighted by atomic mass is 10.1. The Balaban J connectivity index is 0.00000220. The van der Waals surface area contributed by atoms with Gasteiger partial charge in [0.1, 0.15) is 0 Å². The second kappa shape index (κ2) is 8.74. The molecule has 0 unspecified atom stereocenters. The van der Waals surface area contributed by atoms with Gasteiger partial charge in [-0.1, -0.05) is 12.1 Å². The average molecular weight is 315 g/mol. The van der Waals surface area contributed by atoms with Crippen LogP contribution in [0.1, 0.15) is 12.8 Å². The second-order valence-electron chi connectivity index (χ2n) is 4.93. The lowest BCUT2D eigenvalue weighted by molar-refractivity contribution is -0.134. The SMILES string of the molecule is COc1ccccc1OCC(=O)N(C)C1CCNCC1.Cl. The molecule has 1 heterocycles. The number of nitrogens with zero attached hydrogens (tertiary/aromatic N) is 1. The van der Waals surface area contributed by atoms with Crippen LogP contribution in [0.5, 0.6) is 11.5 Å². The van der Waals surface area contributed by atoms with Crippen molar-refractivity contribution < 1.29 is 14.3 Å². The number of rotatable bonds is 5. The number of hydrogen-bond donors (Lipinski definition) is 1. The van der Waals surface area contributed by atoms with Crippen molar-refractivity contribution in [2.24, 2.45) is 0 Å². The maximum Gasteiger partial charge on any atom is 0.260 e. The van der Waals surface area contributed by atoms with Crippen LogP contribution in [0.15, 0.2) is 24.3 Å². The van der Waals surface area contributed by atoms with E-state index in [0.717, 1.165) is 25.9 Å². The number of benzene rings is 1. The Hall–Kier alpha value is -1.46. The fourth-order valence-corrected chi connectivity index (χ4v) is 2.38. The molecule has 1 amide bonds. The van der Waals surface area contributed by atoms with Crippen LogP contribution < -0.4 is 14.8 Å². The predicted octanol–water partition coefficient (Wildman–Crippen LogP) is 1.71. The molecule has 1 aromatic rings. The second-order valence-corrected chi connectivity index (χ2v) is 4.93. The maximum absolute atomic E-state index is 12.2. The van der Waals surface area contributed by atoms with Gasteiger partial charge in [-0.25, -0.2) is 0 Å². The molecule has 2 rings (SSSR count). The standard InChI is InChI=1S/C15H22N2O3.ClH/c1-17(12-7-9-16-10-8-12)15(18)11-20-14-6-4-3-5-13(14)19-2;/h3-6,12,16H,7-11H2,1-2H3;1H. The van der Waals surface area contributed by atoms with E-state index in [-0.39, 0.29) is 24.9 Å². The number of hydrogen-bond acceptors (Lipinski definition) is 4. The average Bonchev–Trinajstić information content (AvgIpc) is 2.53. The van der Waals surface area contributed by atoms with Gasteiger partial charge in [0.15, 0.2) is 18.1 Å². The minimum atomic E-state index is 0. The predicted molar refractivity (Wildman–Crippen MR) is 84.4 cm³/mol. The van der Waals surface area contributed by atoms with Gasteiger partial charge in [-0.15, -0.1) is 12.4 Å². The van der Waals surface area contributed by atoms with E-state index in [9.17, 15) is 4.79 Å². The Morgan fingerprint density at radius 2 is 1.90 bits per heavy atom. The Morgan fingerprint density at radius 3 is 2.52 bits per heavy atom. The molecule has 1 N–H and O–H groups in total. The number of methoxy groups -OCH3 is 1. The summed E-state index contributed by atoms with van der Waals surface area (Å²) in [7, 11) is 3.44. The van der Waals surface area contributed by atoms with Crippen LogP contribution in [-0.2, 0) is 4.79 Å². The Kier molecular flexibility index (Phi) is 7.32. The number of carbonyl (C=O) groups excluding carboxylic acids is 1. The van der Waals surface area contributed by atoms with Gasteiger partial charge in [0, 0.05) is 13.1 Å². The molecule has 1 aliphatic rings. The molecule has 0 radical (unpaired) electrons. The summed E-state index contributed by atoms with van der Waals surface area (Å²) in [5, 5.41) is 3.30. The van der Waals surface area contributed by atoms with Crippen LogP contribution in [0.4, 0.5) is 0 Å². The summed E-state index contributed by atoms with van der Waals surface area (Å²) in [6.07, 6.45) is 1.99. The van der Waals surface area contributed by atoms with Gasteiger partial charge in [-0.2, -0.15) is 0 Å². The summed E-state index contributed by atoms with van der Waals surface area (Å²) in [5.74, 6) is 1.25. The minimum absolute atomic E-state index is 0. The smallest absolute Gasteiger partial charge is 0.260 e. The highest BCUT2D eigenvalue weighted by Gasteiger charge is 2.22. The highest BCUT2D eigenvalue weighted by Crippen LogP contribution is 2.25. The van der Waals surface area contributed by atoms with Gasteiger partial charge in [-0.05, 0) is 38.1 Å². The fourth-order valence-electron chi connectivity index (χ4n) is 2.38. The number of halogens is 1. The summed E-state index contributed by atoms with van der Waals surface area (Å²) in [6, 6.07) is 7.66. The summed E-state index contributed by atoms with van der Waals surface area (Å²) in [5.41, 5.74) is 0. The van der Waals surface area contributed by atoms with Gasteiger partial charge in [0.2, 0.25) is 0 Å². The fraction of sp³-hybridized carbons (Fsp3) is 0.533. The molecule has 118 valence electrons. The van der Waals surface area contributed by atoms with Gasteiger partial charge < -0.3 is 19.7 Å². The van der Waals surface area contributed by atoms with E-state index in [1.165, 1.54) is 0 Å². The molecule has 0 aliphatic carbocycles. The van der Waals surface area contributed by atoms with E-state index in [4.69, 9.17) is 9.47 Å². The minimum Gasteiger partial charge on any atom is -0.493 e. The van der Waals surface area contributed by atoms with E-state index in [0.29, 0.717) is 17.5 Å². The van der Waals surface area contributed by atoms with Crippen LogP contribution >= 0.6 is 12.4 Å². The van der Waals surface area contributed by atoms with Crippen molar-refractivity contribution in [2.45, 2.75) is 18.9 Å². The van der Waals surface area contributed by atoms with Gasteiger partial charge in [-0.3, -0.25) is 4.79 Å². The highest BCUT2D eigenvalue weighted by molar-refractivity contribution is 5.85. The molecule has 0 aromatic heterocycles. The van der Waals surface area contributed by atoms with Gasteiger partial charge >= 0.3 is 0 Å². The molecular formula is C15H23ClN2O3. The van der Waals surface area contributed by atoms with Crippen molar-refractivity contribution in [1.82, 2.24) is 10.2 Å². The zero-order valence-corrected chi connectivity index (χ0v) is 13.3. The van der Waals surface area contributed by atoms with Crippen molar-refractivity contribution in [3.8, 4) is 11.5 Å². The molecule has 1 aromatic carbocycles. The topological polar surface area (TPSA) is 50.8 Å². The quantitative estimate of drug-likeness (QED) is 0.899. The monoisotopic (exact) mass is 314 g/mol. The van der Waals surface area contributed by atoms with Gasteiger partial charge in [0.25, 0.3) is 5.91 Å². The molecule has 6 heteroatoms. The summed E-state index contributed by atoms with van der Waals surface area (Å²) in [6.45, 7) is 1.98. The third kappa shape index (κ3) is 4.79. The van der Waals surface area contributed by atoms with Crippen molar-refractivity contribution in [3.63, 3.8) is 0 Å². The van der Waals surface area contributed by atoms with Crippen molar-refractivity contribution in [1.29, 1.82) is 0 Å². The number of para-hydroxylation sites is 2. The number of amides is 1.